The van der Waals surface area contributed by atoms with E-state index in [-0.39, 0.29) is 19.1 Å². The van der Waals surface area contributed by atoms with E-state index in [1.807, 2.05) is 0 Å². The van der Waals surface area contributed by atoms with Gasteiger partial charge in [0.05, 0.1) is 13.1 Å². The molecule has 0 saturated carbocycles. The van der Waals surface area contributed by atoms with Crippen LogP contribution in [0.3, 0.4) is 0 Å². The lowest BCUT2D eigenvalue weighted by atomic mass is 10.2. The molecule has 0 aromatic carbocycles. The Morgan fingerprint density at radius 1 is 1.06 bits per heavy atom. The second-order valence-electron chi connectivity index (χ2n) is 3.18. The third-order valence-electron chi connectivity index (χ3n) is 1.71. The molecule has 0 unspecified atom stereocenters. The van der Waals surface area contributed by atoms with Gasteiger partial charge < -0.3 is 32.1 Å². The van der Waals surface area contributed by atoms with Gasteiger partial charge in [-0.05, 0) is 19.4 Å². The first-order valence-electron chi connectivity index (χ1n) is 5.15. The SMILES string of the molecule is NCC(=O)O.NCC(=O)O.O=C(O)[C@H]1CCCN1. The summed E-state index contributed by atoms with van der Waals surface area (Å²) < 4.78 is 0. The molecular weight excluding hydrogens is 246 g/mol. The highest BCUT2D eigenvalue weighted by atomic mass is 16.4. The van der Waals surface area contributed by atoms with Crippen molar-refractivity contribution in [3.8, 4) is 0 Å². The number of carboxylic acid groups (broad SMARTS) is 3. The molecular formula is C9H19N3O6. The van der Waals surface area contributed by atoms with Crippen molar-refractivity contribution in [1.29, 1.82) is 0 Å². The smallest absolute Gasteiger partial charge is 0.320 e. The average molecular weight is 265 g/mol. The highest BCUT2D eigenvalue weighted by Gasteiger charge is 2.20. The average Bonchev–Trinajstić information content (AvgIpc) is 2.84. The molecule has 0 amide bonds. The summed E-state index contributed by atoms with van der Waals surface area (Å²) in [6.07, 6.45) is 1.78. The summed E-state index contributed by atoms with van der Waals surface area (Å²) in [5, 5.41) is 26.4. The summed E-state index contributed by atoms with van der Waals surface area (Å²) >= 11 is 0. The summed E-state index contributed by atoms with van der Waals surface area (Å²) in [6, 6.07) is -0.269. The first-order chi connectivity index (χ1) is 8.34. The maximum absolute atomic E-state index is 10.1. The number of carboxylic acids is 3. The fourth-order valence-corrected chi connectivity index (χ4v) is 0.895. The van der Waals surface area contributed by atoms with E-state index in [0.717, 1.165) is 19.4 Å². The lowest BCUT2D eigenvalue weighted by molar-refractivity contribution is -0.139. The number of hydrogen-bond donors (Lipinski definition) is 6. The number of rotatable bonds is 3. The monoisotopic (exact) mass is 265 g/mol. The van der Waals surface area contributed by atoms with E-state index in [9.17, 15) is 14.4 Å². The molecule has 106 valence electrons. The summed E-state index contributed by atoms with van der Waals surface area (Å²) in [7, 11) is 0. The van der Waals surface area contributed by atoms with Crippen LogP contribution in [0.15, 0.2) is 0 Å². The fourth-order valence-electron chi connectivity index (χ4n) is 0.895. The molecule has 1 atom stereocenters. The van der Waals surface area contributed by atoms with Crippen LogP contribution < -0.4 is 16.8 Å². The summed E-state index contributed by atoms with van der Waals surface area (Å²) in [6.45, 7) is 0.303. The van der Waals surface area contributed by atoms with Gasteiger partial charge in [-0.15, -0.1) is 0 Å². The molecule has 1 saturated heterocycles. The number of nitrogens with two attached hydrogens (primary N) is 2. The zero-order chi connectivity index (χ0) is 14.6. The van der Waals surface area contributed by atoms with Crippen LogP contribution in [0.25, 0.3) is 0 Å². The van der Waals surface area contributed by atoms with Gasteiger partial charge in [-0.1, -0.05) is 0 Å². The molecule has 0 spiro atoms. The van der Waals surface area contributed by atoms with Crippen molar-refractivity contribution in [3.63, 3.8) is 0 Å². The van der Waals surface area contributed by atoms with Crippen LogP contribution >= 0.6 is 0 Å². The highest BCUT2D eigenvalue weighted by molar-refractivity contribution is 5.73. The van der Waals surface area contributed by atoms with E-state index in [2.05, 4.69) is 16.8 Å². The van der Waals surface area contributed by atoms with Crippen molar-refractivity contribution >= 4 is 17.9 Å². The quantitative estimate of drug-likeness (QED) is 0.333. The molecule has 1 aliphatic heterocycles. The Labute approximate surface area is 104 Å². The Morgan fingerprint density at radius 2 is 1.44 bits per heavy atom. The van der Waals surface area contributed by atoms with Crippen LogP contribution in [-0.4, -0.2) is 58.9 Å². The molecule has 18 heavy (non-hydrogen) atoms. The molecule has 0 aromatic rings. The largest absolute Gasteiger partial charge is 0.480 e. The van der Waals surface area contributed by atoms with Gasteiger partial charge in [-0.2, -0.15) is 0 Å². The molecule has 9 heteroatoms. The molecule has 0 radical (unpaired) electrons. The minimum Gasteiger partial charge on any atom is -0.480 e. The van der Waals surface area contributed by atoms with Crippen LogP contribution in [0, 0.1) is 0 Å². The molecule has 8 N–H and O–H groups in total. The second kappa shape index (κ2) is 11.8. The van der Waals surface area contributed by atoms with Crippen LogP contribution in [-0.2, 0) is 14.4 Å². The summed E-state index contributed by atoms with van der Waals surface area (Å²) in [4.78, 5) is 28.6. The van der Waals surface area contributed by atoms with E-state index in [1.54, 1.807) is 0 Å². The number of hydrogen-bond acceptors (Lipinski definition) is 6. The Hall–Kier alpha value is -1.71. The Bertz CT molecular complexity index is 251. The minimum absolute atomic E-state index is 0.269. The highest BCUT2D eigenvalue weighted by Crippen LogP contribution is 2.03. The summed E-state index contributed by atoms with van der Waals surface area (Å²) in [5.41, 5.74) is 9.14. The fraction of sp³-hybridized carbons (Fsp3) is 0.667. The van der Waals surface area contributed by atoms with Crippen molar-refractivity contribution < 1.29 is 29.7 Å². The maximum atomic E-state index is 10.1. The van der Waals surface area contributed by atoms with E-state index < -0.39 is 17.9 Å². The minimum atomic E-state index is -0.968. The lowest BCUT2D eigenvalue weighted by Gasteiger charge is -1.99. The van der Waals surface area contributed by atoms with Crippen LogP contribution in [0.1, 0.15) is 12.8 Å². The molecule has 0 aromatic heterocycles. The van der Waals surface area contributed by atoms with E-state index in [0.29, 0.717) is 0 Å². The molecule has 0 bridgehead atoms. The molecule has 1 fully saturated rings. The molecule has 1 heterocycles. The third-order valence-corrected chi connectivity index (χ3v) is 1.71. The van der Waals surface area contributed by atoms with E-state index in [4.69, 9.17) is 15.3 Å². The van der Waals surface area contributed by atoms with Gasteiger partial charge >= 0.3 is 17.9 Å². The zero-order valence-electron chi connectivity index (χ0n) is 9.83. The Balaban J connectivity index is 0. The number of carbonyl (C=O) groups is 3. The molecule has 1 rings (SSSR count). The standard InChI is InChI=1S/C5H9NO2.2C2H5NO2/c7-5(8)4-2-1-3-6-4;2*3-1-2(4)5/h4,6H,1-3H2,(H,7,8);2*1,3H2,(H,4,5)/t4-;;/m1../s1. The normalized spacial score (nSPS) is 16.7. The van der Waals surface area contributed by atoms with Gasteiger partial charge in [-0.3, -0.25) is 14.4 Å². The number of aliphatic carboxylic acids is 3. The molecule has 9 nitrogen and oxygen atoms in total. The van der Waals surface area contributed by atoms with Crippen LogP contribution in [0.5, 0.6) is 0 Å². The van der Waals surface area contributed by atoms with E-state index in [1.165, 1.54) is 0 Å². The van der Waals surface area contributed by atoms with Gasteiger partial charge in [0.1, 0.15) is 6.04 Å². The summed E-state index contributed by atoms with van der Waals surface area (Å²) in [5.74, 6) is -2.66. The Morgan fingerprint density at radius 3 is 1.56 bits per heavy atom. The van der Waals surface area contributed by atoms with Crippen molar-refractivity contribution in [2.75, 3.05) is 19.6 Å². The first kappa shape index (κ1) is 18.6. The molecule has 0 aliphatic carbocycles. The zero-order valence-corrected chi connectivity index (χ0v) is 9.83. The van der Waals surface area contributed by atoms with Crippen LogP contribution in [0.4, 0.5) is 0 Å². The van der Waals surface area contributed by atoms with Crippen molar-refractivity contribution in [2.24, 2.45) is 11.5 Å². The van der Waals surface area contributed by atoms with Crippen molar-refractivity contribution in [2.45, 2.75) is 18.9 Å². The van der Waals surface area contributed by atoms with Gasteiger partial charge in [0.2, 0.25) is 0 Å². The van der Waals surface area contributed by atoms with Gasteiger partial charge in [0.25, 0.3) is 0 Å². The first-order valence-corrected chi connectivity index (χ1v) is 5.15. The maximum Gasteiger partial charge on any atom is 0.320 e. The van der Waals surface area contributed by atoms with E-state index >= 15 is 0 Å². The van der Waals surface area contributed by atoms with Gasteiger partial charge in [-0.25, -0.2) is 0 Å². The van der Waals surface area contributed by atoms with Gasteiger partial charge in [0, 0.05) is 0 Å². The number of nitrogens with one attached hydrogen (secondary N) is 1. The van der Waals surface area contributed by atoms with Crippen molar-refractivity contribution in [1.82, 2.24) is 5.32 Å². The lowest BCUT2D eigenvalue weighted by Crippen LogP contribution is -2.29. The van der Waals surface area contributed by atoms with Gasteiger partial charge in [0.15, 0.2) is 0 Å². The predicted octanol–water partition coefficient (Wildman–Crippen LogP) is -2.12. The third kappa shape index (κ3) is 14.3. The van der Waals surface area contributed by atoms with Crippen molar-refractivity contribution in [3.05, 3.63) is 0 Å². The molecule has 1 aliphatic rings. The topological polar surface area (TPSA) is 176 Å². The van der Waals surface area contributed by atoms with Crippen LogP contribution in [0.2, 0.25) is 0 Å². The second-order valence-corrected chi connectivity index (χ2v) is 3.18. The predicted molar refractivity (Wildman–Crippen MR) is 62.0 cm³/mol. The Kier molecular flexibility index (Phi) is 12.2.